The summed E-state index contributed by atoms with van der Waals surface area (Å²) in [4.78, 5) is 24.3. The second-order valence-electron chi connectivity index (χ2n) is 5.58. The fraction of sp³-hybridized carbons (Fsp3) is 0.211. The summed E-state index contributed by atoms with van der Waals surface area (Å²) in [5.41, 5.74) is 1.60. The number of benzene rings is 2. The van der Waals surface area contributed by atoms with Crippen molar-refractivity contribution in [2.24, 2.45) is 0 Å². The number of ether oxygens (including phenoxy) is 1. The first-order valence-corrected chi connectivity index (χ1v) is 7.75. The van der Waals surface area contributed by atoms with Gasteiger partial charge in [-0.05, 0) is 36.3 Å². The van der Waals surface area contributed by atoms with Crippen LogP contribution in [0.4, 0.5) is 5.69 Å². The average Bonchev–Trinajstić information content (AvgIpc) is 2.65. The molecule has 2 rings (SSSR count). The first-order chi connectivity index (χ1) is 11.9. The van der Waals surface area contributed by atoms with Gasteiger partial charge in [-0.15, -0.1) is 0 Å². The number of carbonyl (C=O) groups excluding carboxylic acids is 1. The number of likely N-dealkylation sites (N-methyl/N-ethyl adjacent to an activating group) is 1. The summed E-state index contributed by atoms with van der Waals surface area (Å²) < 4.78 is 5.09. The van der Waals surface area contributed by atoms with Gasteiger partial charge in [0, 0.05) is 25.3 Å². The van der Waals surface area contributed by atoms with Gasteiger partial charge in [0.1, 0.15) is 5.75 Å². The summed E-state index contributed by atoms with van der Waals surface area (Å²) in [6.45, 7) is 1.83. The number of nitro benzene ring substituents is 1. The molecular formula is C19H20N2O4. The first kappa shape index (κ1) is 18.2. The van der Waals surface area contributed by atoms with Gasteiger partial charge in [-0.3, -0.25) is 14.9 Å². The van der Waals surface area contributed by atoms with E-state index < -0.39 is 4.92 Å². The van der Waals surface area contributed by atoms with Gasteiger partial charge < -0.3 is 9.64 Å². The largest absolute Gasteiger partial charge is 0.497 e. The molecule has 130 valence electrons. The lowest BCUT2D eigenvalue weighted by molar-refractivity contribution is -0.384. The second-order valence-corrected chi connectivity index (χ2v) is 5.58. The molecule has 0 saturated heterocycles. The van der Waals surface area contributed by atoms with Crippen LogP contribution in [0, 0.1) is 10.1 Å². The molecule has 0 N–H and O–H groups in total. The number of hydrogen-bond acceptors (Lipinski definition) is 4. The van der Waals surface area contributed by atoms with Crippen molar-refractivity contribution in [3.05, 3.63) is 75.8 Å². The molecule has 6 heteroatoms. The van der Waals surface area contributed by atoms with Gasteiger partial charge >= 0.3 is 0 Å². The number of nitro groups is 1. The van der Waals surface area contributed by atoms with Crippen LogP contribution in [0.2, 0.25) is 0 Å². The molecule has 0 bridgehead atoms. The number of methoxy groups -OCH3 is 1. The highest BCUT2D eigenvalue weighted by Crippen LogP contribution is 2.23. The Morgan fingerprint density at radius 3 is 2.52 bits per heavy atom. The van der Waals surface area contributed by atoms with Gasteiger partial charge in [-0.2, -0.15) is 0 Å². The summed E-state index contributed by atoms with van der Waals surface area (Å²) in [7, 11) is 3.27. The topological polar surface area (TPSA) is 72.7 Å². The van der Waals surface area contributed by atoms with Crippen molar-refractivity contribution in [3.8, 4) is 5.75 Å². The Hall–Kier alpha value is -3.15. The van der Waals surface area contributed by atoms with E-state index in [-0.39, 0.29) is 17.6 Å². The van der Waals surface area contributed by atoms with E-state index in [1.54, 1.807) is 37.3 Å². The van der Waals surface area contributed by atoms with Crippen molar-refractivity contribution in [1.82, 2.24) is 4.90 Å². The summed E-state index contributed by atoms with van der Waals surface area (Å²) >= 11 is 0. The third-order valence-electron chi connectivity index (χ3n) is 4.03. The number of amides is 1. The molecule has 6 nitrogen and oxygen atoms in total. The summed E-state index contributed by atoms with van der Waals surface area (Å²) in [6, 6.07) is 13.4. The van der Waals surface area contributed by atoms with Gasteiger partial charge in [-0.1, -0.05) is 24.3 Å². The van der Waals surface area contributed by atoms with E-state index in [4.69, 9.17) is 4.74 Å². The summed E-state index contributed by atoms with van der Waals surface area (Å²) in [5.74, 6) is 0.565. The maximum atomic E-state index is 12.4. The smallest absolute Gasteiger partial charge is 0.269 e. The Balaban J connectivity index is 2.08. The molecule has 2 aromatic rings. The Kier molecular flexibility index (Phi) is 5.89. The lowest BCUT2D eigenvalue weighted by Gasteiger charge is -2.24. The van der Waals surface area contributed by atoms with Gasteiger partial charge in [0.25, 0.3) is 5.69 Å². The van der Waals surface area contributed by atoms with E-state index in [9.17, 15) is 14.9 Å². The number of nitrogens with zero attached hydrogens (tertiary/aromatic N) is 2. The number of hydrogen-bond donors (Lipinski definition) is 0. The monoisotopic (exact) mass is 340 g/mol. The third-order valence-corrected chi connectivity index (χ3v) is 4.03. The molecule has 0 heterocycles. The van der Waals surface area contributed by atoms with E-state index in [0.717, 1.165) is 11.3 Å². The molecule has 0 unspecified atom stereocenters. The highest BCUT2D eigenvalue weighted by Gasteiger charge is 2.17. The van der Waals surface area contributed by atoms with E-state index >= 15 is 0 Å². The molecule has 1 amide bonds. The van der Waals surface area contributed by atoms with Gasteiger partial charge in [0.05, 0.1) is 18.1 Å². The minimum absolute atomic E-state index is 0.0129. The quantitative estimate of drug-likeness (QED) is 0.455. The molecule has 1 atom stereocenters. The molecule has 2 aromatic carbocycles. The molecule has 0 aromatic heterocycles. The molecule has 25 heavy (non-hydrogen) atoms. The minimum Gasteiger partial charge on any atom is -0.497 e. The lowest BCUT2D eigenvalue weighted by Crippen LogP contribution is -2.28. The van der Waals surface area contributed by atoms with Crippen molar-refractivity contribution < 1.29 is 14.5 Å². The zero-order valence-corrected chi connectivity index (χ0v) is 14.4. The third kappa shape index (κ3) is 4.67. The van der Waals surface area contributed by atoms with Crippen molar-refractivity contribution in [3.63, 3.8) is 0 Å². The maximum absolute atomic E-state index is 12.4. The van der Waals surface area contributed by atoms with Gasteiger partial charge in [-0.25, -0.2) is 0 Å². The van der Waals surface area contributed by atoms with Crippen LogP contribution < -0.4 is 4.74 Å². The number of carbonyl (C=O) groups is 1. The first-order valence-electron chi connectivity index (χ1n) is 7.75. The van der Waals surface area contributed by atoms with Crippen LogP contribution >= 0.6 is 0 Å². The van der Waals surface area contributed by atoms with Crippen LogP contribution in [-0.4, -0.2) is 29.9 Å². The standard InChI is InChI=1S/C19H20N2O4/c1-14(16-5-4-6-17(13-16)21(23)24)20(2)19(22)12-9-15-7-10-18(25-3)11-8-15/h4-14H,1-3H3/b12-9+/t14-/m1/s1. The average molecular weight is 340 g/mol. The molecule has 0 aliphatic rings. The Labute approximate surface area is 146 Å². The molecule has 0 fully saturated rings. The SMILES string of the molecule is COc1ccc(/C=C/C(=O)N(C)[C@H](C)c2cccc([N+](=O)[O-])c2)cc1. The Morgan fingerprint density at radius 2 is 1.92 bits per heavy atom. The molecule has 0 spiro atoms. The molecule has 0 saturated carbocycles. The lowest BCUT2D eigenvalue weighted by atomic mass is 10.1. The second kappa shape index (κ2) is 8.10. The van der Waals surface area contributed by atoms with E-state index in [1.807, 2.05) is 31.2 Å². The van der Waals surface area contributed by atoms with Crippen molar-refractivity contribution in [2.75, 3.05) is 14.2 Å². The molecule has 0 aliphatic heterocycles. The number of rotatable bonds is 6. The van der Waals surface area contributed by atoms with Crippen LogP contribution in [0.1, 0.15) is 24.1 Å². The van der Waals surface area contributed by atoms with E-state index in [2.05, 4.69) is 0 Å². The van der Waals surface area contributed by atoms with Crippen molar-refractivity contribution in [1.29, 1.82) is 0 Å². The van der Waals surface area contributed by atoms with Crippen LogP contribution in [0.3, 0.4) is 0 Å². The van der Waals surface area contributed by atoms with Crippen molar-refractivity contribution >= 4 is 17.7 Å². The predicted molar refractivity (Wildman–Crippen MR) is 96.3 cm³/mol. The van der Waals surface area contributed by atoms with Crippen LogP contribution in [0.15, 0.2) is 54.6 Å². The molecular weight excluding hydrogens is 320 g/mol. The highest BCUT2D eigenvalue weighted by atomic mass is 16.6. The zero-order chi connectivity index (χ0) is 18.4. The van der Waals surface area contributed by atoms with E-state index in [0.29, 0.717) is 5.56 Å². The van der Waals surface area contributed by atoms with Crippen LogP contribution in [-0.2, 0) is 4.79 Å². The highest BCUT2D eigenvalue weighted by molar-refractivity contribution is 5.91. The maximum Gasteiger partial charge on any atom is 0.269 e. The molecule has 0 radical (unpaired) electrons. The Bertz CT molecular complexity index is 784. The van der Waals surface area contributed by atoms with E-state index in [1.165, 1.54) is 18.2 Å². The van der Waals surface area contributed by atoms with Crippen LogP contribution in [0.5, 0.6) is 5.75 Å². The number of non-ortho nitro benzene ring substituents is 1. The van der Waals surface area contributed by atoms with Gasteiger partial charge in [0.15, 0.2) is 0 Å². The Morgan fingerprint density at radius 1 is 1.24 bits per heavy atom. The fourth-order valence-corrected chi connectivity index (χ4v) is 2.31. The normalized spacial score (nSPS) is 12.0. The summed E-state index contributed by atoms with van der Waals surface area (Å²) in [5, 5.41) is 10.9. The zero-order valence-electron chi connectivity index (χ0n) is 14.4. The predicted octanol–water partition coefficient (Wildman–Crippen LogP) is 3.84. The summed E-state index contributed by atoms with van der Waals surface area (Å²) in [6.07, 6.45) is 3.20. The van der Waals surface area contributed by atoms with Crippen LogP contribution in [0.25, 0.3) is 6.08 Å². The van der Waals surface area contributed by atoms with Gasteiger partial charge in [0.2, 0.25) is 5.91 Å². The van der Waals surface area contributed by atoms with Crippen molar-refractivity contribution in [2.45, 2.75) is 13.0 Å². The fourth-order valence-electron chi connectivity index (χ4n) is 2.31. The molecule has 0 aliphatic carbocycles. The minimum atomic E-state index is -0.443.